The highest BCUT2D eigenvalue weighted by atomic mass is 16.5. The molecule has 0 fully saturated rings. The van der Waals surface area contributed by atoms with E-state index in [-0.39, 0.29) is 18.3 Å². The summed E-state index contributed by atoms with van der Waals surface area (Å²) in [5, 5.41) is 15.9. The Morgan fingerprint density at radius 2 is 1.94 bits per heavy atom. The van der Waals surface area contributed by atoms with E-state index in [9.17, 15) is 4.79 Å². The van der Waals surface area contributed by atoms with Gasteiger partial charge in [-0.3, -0.25) is 9.48 Å². The summed E-state index contributed by atoms with van der Waals surface area (Å²) in [4.78, 5) is 17.2. The number of rotatable bonds is 7. The van der Waals surface area contributed by atoms with E-state index in [1.165, 1.54) is 5.56 Å². The van der Waals surface area contributed by atoms with Gasteiger partial charge in [0.1, 0.15) is 5.75 Å². The topological polar surface area (TPSA) is 104 Å². The van der Waals surface area contributed by atoms with Crippen molar-refractivity contribution < 1.29 is 9.53 Å². The van der Waals surface area contributed by atoms with E-state index in [4.69, 9.17) is 4.74 Å². The number of carbonyl (C=O) groups is 1. The molecule has 0 atom stereocenters. The van der Waals surface area contributed by atoms with E-state index in [1.807, 2.05) is 44.3 Å². The summed E-state index contributed by atoms with van der Waals surface area (Å²) >= 11 is 0. The van der Waals surface area contributed by atoms with Gasteiger partial charge in [-0.15, -0.1) is 0 Å². The number of aromatic nitrogens is 7. The van der Waals surface area contributed by atoms with Crippen LogP contribution in [0.1, 0.15) is 28.7 Å². The molecule has 0 radical (unpaired) electrons. The van der Waals surface area contributed by atoms with Gasteiger partial charge in [-0.2, -0.15) is 15.3 Å². The molecule has 1 aromatic carbocycles. The fourth-order valence-corrected chi connectivity index (χ4v) is 3.62. The second-order valence-electron chi connectivity index (χ2n) is 7.89. The number of nitrogens with zero attached hydrogens (tertiary/aromatic N) is 7. The minimum atomic E-state index is -0.352. The Balaban J connectivity index is 1.29. The fourth-order valence-electron chi connectivity index (χ4n) is 3.62. The number of hydrogen-bond donors (Lipinski definition) is 1. The molecule has 172 valence electrons. The fraction of sp³-hybridized carbons (Fsp3) is 0.208. The van der Waals surface area contributed by atoms with Crippen LogP contribution in [-0.2, 0) is 20.2 Å². The first-order valence-electron chi connectivity index (χ1n) is 10.9. The Morgan fingerprint density at radius 3 is 2.68 bits per heavy atom. The Kier molecular flexibility index (Phi) is 5.54. The Labute approximate surface area is 195 Å². The molecule has 1 amide bonds. The van der Waals surface area contributed by atoms with E-state index < -0.39 is 0 Å². The molecule has 0 bridgehead atoms. The monoisotopic (exact) mass is 456 g/mol. The molecule has 1 N–H and O–H groups in total. The average molecular weight is 457 g/mol. The normalized spacial score (nSPS) is 11.1. The highest BCUT2D eigenvalue weighted by molar-refractivity contribution is 6.03. The minimum Gasteiger partial charge on any atom is -0.471 e. The molecule has 0 unspecified atom stereocenters. The van der Waals surface area contributed by atoms with Crippen molar-refractivity contribution in [2.75, 3.05) is 5.32 Å². The van der Waals surface area contributed by atoms with E-state index in [2.05, 4.69) is 32.5 Å². The van der Waals surface area contributed by atoms with Crippen molar-refractivity contribution in [2.45, 2.75) is 27.0 Å². The number of anilines is 1. The maximum absolute atomic E-state index is 12.9. The van der Waals surface area contributed by atoms with Gasteiger partial charge in [0, 0.05) is 30.6 Å². The van der Waals surface area contributed by atoms with E-state index in [0.29, 0.717) is 11.3 Å². The first-order chi connectivity index (χ1) is 16.5. The lowest BCUT2D eigenvalue weighted by Crippen LogP contribution is -2.12. The van der Waals surface area contributed by atoms with Crippen LogP contribution in [-0.4, -0.2) is 40.1 Å². The molecule has 34 heavy (non-hydrogen) atoms. The van der Waals surface area contributed by atoms with Crippen LogP contribution in [0, 0.1) is 6.92 Å². The van der Waals surface area contributed by atoms with Gasteiger partial charge in [-0.05, 0) is 37.1 Å². The van der Waals surface area contributed by atoms with Gasteiger partial charge in [-0.25, -0.2) is 14.2 Å². The predicted molar refractivity (Wildman–Crippen MR) is 127 cm³/mol. The lowest BCUT2D eigenvalue weighted by molar-refractivity contribution is 0.102. The molecule has 10 nitrogen and oxygen atoms in total. The molecule has 0 aliphatic carbocycles. The zero-order chi connectivity index (χ0) is 23.7. The summed E-state index contributed by atoms with van der Waals surface area (Å²) in [5.41, 5.74) is 5.35. The van der Waals surface area contributed by atoms with Crippen LogP contribution in [0.3, 0.4) is 0 Å². The van der Waals surface area contributed by atoms with Gasteiger partial charge in [0.25, 0.3) is 5.91 Å². The van der Waals surface area contributed by atoms with Crippen LogP contribution in [0.5, 0.6) is 5.75 Å². The Morgan fingerprint density at radius 1 is 1.12 bits per heavy atom. The summed E-state index contributed by atoms with van der Waals surface area (Å²) in [7, 11) is 1.88. The highest BCUT2D eigenvalue weighted by Gasteiger charge is 2.17. The molecule has 10 heteroatoms. The molecule has 0 saturated carbocycles. The molecular formula is C24H24N8O2. The van der Waals surface area contributed by atoms with Crippen LogP contribution in [0.15, 0.2) is 61.2 Å². The van der Waals surface area contributed by atoms with Crippen molar-refractivity contribution in [3.05, 3.63) is 78.1 Å². The van der Waals surface area contributed by atoms with Gasteiger partial charge in [0.05, 0.1) is 30.0 Å². The van der Waals surface area contributed by atoms with Crippen molar-refractivity contribution in [3.63, 3.8) is 0 Å². The maximum Gasteiger partial charge on any atom is 0.276 e. The SMILES string of the molecule is CCc1ccc(OCn2cc(NC(=O)c3cc4nccc(-c5cnn(C)c5C)n4n3)cn2)cc1. The van der Waals surface area contributed by atoms with Crippen molar-refractivity contribution in [3.8, 4) is 17.0 Å². The van der Waals surface area contributed by atoms with Crippen LogP contribution in [0.4, 0.5) is 5.69 Å². The number of benzene rings is 1. The molecular weight excluding hydrogens is 432 g/mol. The number of amides is 1. The van der Waals surface area contributed by atoms with E-state index in [0.717, 1.165) is 29.1 Å². The highest BCUT2D eigenvalue weighted by Crippen LogP contribution is 2.23. The van der Waals surface area contributed by atoms with Crippen LogP contribution in [0.25, 0.3) is 16.9 Å². The largest absolute Gasteiger partial charge is 0.471 e. The van der Waals surface area contributed by atoms with Crippen molar-refractivity contribution in [1.82, 2.24) is 34.2 Å². The van der Waals surface area contributed by atoms with Gasteiger partial charge in [0.15, 0.2) is 18.1 Å². The van der Waals surface area contributed by atoms with Crippen LogP contribution < -0.4 is 10.1 Å². The summed E-state index contributed by atoms with van der Waals surface area (Å²) in [5.74, 6) is 0.408. The standard InChI is InChI=1S/C24H24N8O2/c1-4-17-5-7-19(8-6-17)34-15-31-14-18(12-27-31)28-24(33)21-11-23-25-10-9-22(32(23)29-21)20-13-26-30(3)16(20)2/h5-14H,4,15H2,1-3H3,(H,28,33). The lowest BCUT2D eigenvalue weighted by atomic mass is 10.2. The van der Waals surface area contributed by atoms with Crippen LogP contribution in [0.2, 0.25) is 0 Å². The third kappa shape index (κ3) is 4.13. The number of ether oxygens (including phenoxy) is 1. The Hall–Kier alpha value is -4.47. The second-order valence-corrected chi connectivity index (χ2v) is 7.89. The molecule has 4 heterocycles. The average Bonchev–Trinajstić information content (AvgIpc) is 3.57. The van der Waals surface area contributed by atoms with Crippen molar-refractivity contribution in [2.24, 2.45) is 7.05 Å². The van der Waals surface area contributed by atoms with Gasteiger partial charge in [0.2, 0.25) is 0 Å². The molecule has 5 rings (SSSR count). The smallest absolute Gasteiger partial charge is 0.276 e. The molecule has 0 aliphatic rings. The number of nitrogens with one attached hydrogen (secondary N) is 1. The first kappa shape index (κ1) is 21.4. The van der Waals surface area contributed by atoms with Crippen LogP contribution >= 0.6 is 0 Å². The zero-order valence-electron chi connectivity index (χ0n) is 19.1. The number of carbonyl (C=O) groups excluding carboxylic acids is 1. The molecule has 0 saturated heterocycles. The van der Waals surface area contributed by atoms with Crippen molar-refractivity contribution in [1.29, 1.82) is 0 Å². The number of aryl methyl sites for hydroxylation is 2. The predicted octanol–water partition coefficient (Wildman–Crippen LogP) is 3.49. The van der Waals surface area contributed by atoms with Gasteiger partial charge < -0.3 is 10.1 Å². The van der Waals surface area contributed by atoms with Crippen molar-refractivity contribution >= 4 is 17.2 Å². The van der Waals surface area contributed by atoms with Gasteiger partial charge in [-0.1, -0.05) is 19.1 Å². The summed E-state index contributed by atoms with van der Waals surface area (Å²) in [6.07, 6.45) is 7.73. The third-order valence-corrected chi connectivity index (χ3v) is 5.69. The third-order valence-electron chi connectivity index (χ3n) is 5.69. The van der Waals surface area contributed by atoms with Gasteiger partial charge >= 0.3 is 0 Å². The molecule has 0 spiro atoms. The lowest BCUT2D eigenvalue weighted by Gasteiger charge is -2.06. The minimum absolute atomic E-state index is 0.230. The summed E-state index contributed by atoms with van der Waals surface area (Å²) in [6, 6.07) is 11.4. The summed E-state index contributed by atoms with van der Waals surface area (Å²) < 4.78 is 10.8. The van der Waals surface area contributed by atoms with E-state index >= 15 is 0 Å². The Bertz CT molecular complexity index is 1460. The maximum atomic E-state index is 12.9. The molecule has 5 aromatic rings. The number of hydrogen-bond acceptors (Lipinski definition) is 6. The summed E-state index contributed by atoms with van der Waals surface area (Å²) in [6.45, 7) is 4.32. The first-order valence-corrected chi connectivity index (χ1v) is 10.9. The zero-order valence-corrected chi connectivity index (χ0v) is 19.1. The second kappa shape index (κ2) is 8.81. The van der Waals surface area contributed by atoms with E-state index in [1.54, 1.807) is 44.7 Å². The molecule has 0 aliphatic heterocycles. The molecule has 4 aromatic heterocycles. The quantitative estimate of drug-likeness (QED) is 0.402. The number of fused-ring (bicyclic) bond motifs is 1.